The summed E-state index contributed by atoms with van der Waals surface area (Å²) < 4.78 is 1.49. The van der Waals surface area contributed by atoms with Crippen molar-refractivity contribution in [3.8, 4) is 0 Å². The second kappa shape index (κ2) is 6.28. The third-order valence-corrected chi connectivity index (χ3v) is 5.64. The molecule has 1 aliphatic rings. The molecule has 1 aliphatic carbocycles. The fourth-order valence-electron chi connectivity index (χ4n) is 3.65. The fourth-order valence-corrected chi connectivity index (χ4v) is 4.60. The Morgan fingerprint density at radius 2 is 2.20 bits per heavy atom. The smallest absolute Gasteiger partial charge is 0.0390 e. The molecule has 1 aromatic heterocycles. The van der Waals surface area contributed by atoms with E-state index in [2.05, 4.69) is 48.8 Å². The second-order valence-electron chi connectivity index (χ2n) is 6.30. The Morgan fingerprint density at radius 1 is 1.30 bits per heavy atom. The second-order valence-corrected chi connectivity index (χ2v) is 7.21. The van der Waals surface area contributed by atoms with Gasteiger partial charge in [0.15, 0.2) is 0 Å². The van der Waals surface area contributed by atoms with E-state index in [1.54, 1.807) is 0 Å². The molecule has 1 nitrogen and oxygen atoms in total. The number of hydrogen-bond donors (Lipinski definition) is 1. The maximum Gasteiger partial charge on any atom is 0.0390 e. The first kappa shape index (κ1) is 14.1. The van der Waals surface area contributed by atoms with Gasteiger partial charge in [-0.2, -0.15) is 0 Å². The van der Waals surface area contributed by atoms with Crippen LogP contribution in [0.4, 0.5) is 0 Å². The highest BCUT2D eigenvalue weighted by Crippen LogP contribution is 2.41. The Hall–Kier alpha value is -0.860. The Labute approximate surface area is 126 Å². The lowest BCUT2D eigenvalue weighted by Gasteiger charge is -2.26. The van der Waals surface area contributed by atoms with E-state index in [1.165, 1.54) is 41.3 Å². The van der Waals surface area contributed by atoms with Crippen LogP contribution in [0.2, 0.25) is 0 Å². The first-order valence-corrected chi connectivity index (χ1v) is 8.87. The zero-order chi connectivity index (χ0) is 13.9. The molecule has 1 saturated carbocycles. The summed E-state index contributed by atoms with van der Waals surface area (Å²) in [4.78, 5) is 0. The molecule has 3 unspecified atom stereocenters. The first-order valence-electron chi connectivity index (χ1n) is 7.99. The molecule has 1 aromatic carbocycles. The summed E-state index contributed by atoms with van der Waals surface area (Å²) in [5, 5.41) is 7.47. The van der Waals surface area contributed by atoms with E-state index in [0.717, 1.165) is 18.4 Å². The minimum atomic E-state index is 0.544. The number of rotatable bonds is 5. The summed E-state index contributed by atoms with van der Waals surface area (Å²) in [7, 11) is 0. The highest BCUT2D eigenvalue weighted by atomic mass is 32.1. The number of nitrogens with one attached hydrogen (secondary N) is 1. The molecule has 1 fully saturated rings. The van der Waals surface area contributed by atoms with Crippen LogP contribution >= 0.6 is 11.3 Å². The van der Waals surface area contributed by atoms with Gasteiger partial charge in [-0.3, -0.25) is 0 Å². The van der Waals surface area contributed by atoms with Crippen LogP contribution in [0.3, 0.4) is 0 Å². The van der Waals surface area contributed by atoms with E-state index >= 15 is 0 Å². The normalized spacial score (nSPS) is 24.3. The molecule has 2 heteroatoms. The van der Waals surface area contributed by atoms with Crippen LogP contribution in [0, 0.1) is 11.8 Å². The van der Waals surface area contributed by atoms with Crippen LogP contribution in [0.1, 0.15) is 51.1 Å². The number of thiophene rings is 1. The summed E-state index contributed by atoms with van der Waals surface area (Å²) in [5.41, 5.74) is 1.53. The zero-order valence-electron chi connectivity index (χ0n) is 12.6. The average molecular weight is 287 g/mol. The molecule has 3 rings (SSSR count). The van der Waals surface area contributed by atoms with E-state index in [-0.39, 0.29) is 0 Å². The van der Waals surface area contributed by atoms with Crippen molar-refractivity contribution in [3.63, 3.8) is 0 Å². The molecule has 108 valence electrons. The van der Waals surface area contributed by atoms with Crippen LogP contribution in [-0.2, 0) is 0 Å². The van der Waals surface area contributed by atoms with Crippen molar-refractivity contribution in [1.29, 1.82) is 0 Å². The molecule has 0 saturated heterocycles. The van der Waals surface area contributed by atoms with Gasteiger partial charge in [0, 0.05) is 10.7 Å². The third-order valence-electron chi connectivity index (χ3n) is 4.67. The van der Waals surface area contributed by atoms with Crippen molar-refractivity contribution < 1.29 is 0 Å². The SMILES string of the molecule is CCCNC(c1cccc2ccsc12)C1CCC(C)C1. The van der Waals surface area contributed by atoms with Crippen LogP contribution in [0.25, 0.3) is 10.1 Å². The number of hydrogen-bond acceptors (Lipinski definition) is 2. The van der Waals surface area contributed by atoms with Gasteiger partial charge in [-0.05, 0) is 60.0 Å². The quantitative estimate of drug-likeness (QED) is 0.778. The zero-order valence-corrected chi connectivity index (χ0v) is 13.4. The summed E-state index contributed by atoms with van der Waals surface area (Å²) in [5.74, 6) is 1.71. The Kier molecular flexibility index (Phi) is 4.42. The van der Waals surface area contributed by atoms with E-state index in [0.29, 0.717) is 6.04 Å². The van der Waals surface area contributed by atoms with E-state index in [4.69, 9.17) is 0 Å². The summed E-state index contributed by atoms with van der Waals surface area (Å²) in [6.45, 7) is 5.78. The lowest BCUT2D eigenvalue weighted by atomic mass is 9.90. The molecule has 1 heterocycles. The molecule has 0 amide bonds. The molecule has 0 radical (unpaired) electrons. The molecule has 0 aliphatic heterocycles. The van der Waals surface area contributed by atoms with Gasteiger partial charge in [0.05, 0.1) is 0 Å². The summed E-state index contributed by atoms with van der Waals surface area (Å²) >= 11 is 1.90. The number of benzene rings is 1. The molecular formula is C18H25NS. The molecule has 3 atom stereocenters. The largest absolute Gasteiger partial charge is 0.310 e. The predicted octanol–water partition coefficient (Wildman–Crippen LogP) is 5.38. The lowest BCUT2D eigenvalue weighted by Crippen LogP contribution is -2.28. The maximum absolute atomic E-state index is 3.84. The Bertz CT molecular complexity index is 559. The van der Waals surface area contributed by atoms with Crippen LogP contribution < -0.4 is 5.32 Å². The first-order chi connectivity index (χ1) is 9.79. The minimum Gasteiger partial charge on any atom is -0.310 e. The average Bonchev–Trinajstić information content (AvgIpc) is 3.08. The lowest BCUT2D eigenvalue weighted by molar-refractivity contribution is 0.361. The van der Waals surface area contributed by atoms with Crippen molar-refractivity contribution in [2.75, 3.05) is 6.54 Å². The monoisotopic (exact) mass is 287 g/mol. The van der Waals surface area contributed by atoms with Gasteiger partial charge in [-0.1, -0.05) is 38.5 Å². The van der Waals surface area contributed by atoms with Crippen molar-refractivity contribution in [2.24, 2.45) is 11.8 Å². The number of fused-ring (bicyclic) bond motifs is 1. The molecular weight excluding hydrogens is 262 g/mol. The maximum atomic E-state index is 3.84. The highest BCUT2D eigenvalue weighted by Gasteiger charge is 2.30. The summed E-state index contributed by atoms with van der Waals surface area (Å²) in [6.07, 6.45) is 5.36. The van der Waals surface area contributed by atoms with Crippen LogP contribution in [0.15, 0.2) is 29.6 Å². The van der Waals surface area contributed by atoms with Gasteiger partial charge in [0.25, 0.3) is 0 Å². The molecule has 0 spiro atoms. The van der Waals surface area contributed by atoms with Gasteiger partial charge in [-0.15, -0.1) is 11.3 Å². The standard InChI is InChI=1S/C18H25NS/c1-3-10-19-17(15-8-7-13(2)12-15)16-6-4-5-14-9-11-20-18(14)16/h4-6,9,11,13,15,17,19H,3,7-8,10,12H2,1-2H3. The van der Waals surface area contributed by atoms with Crippen molar-refractivity contribution in [2.45, 2.75) is 45.6 Å². The topological polar surface area (TPSA) is 12.0 Å². The van der Waals surface area contributed by atoms with Gasteiger partial charge >= 0.3 is 0 Å². The van der Waals surface area contributed by atoms with Gasteiger partial charge < -0.3 is 5.32 Å². The van der Waals surface area contributed by atoms with Crippen LogP contribution in [-0.4, -0.2) is 6.54 Å². The van der Waals surface area contributed by atoms with Crippen molar-refractivity contribution >= 4 is 21.4 Å². The Balaban J connectivity index is 1.93. The van der Waals surface area contributed by atoms with Crippen molar-refractivity contribution in [1.82, 2.24) is 5.32 Å². The van der Waals surface area contributed by atoms with E-state index in [1.807, 2.05) is 11.3 Å². The van der Waals surface area contributed by atoms with Gasteiger partial charge in [0.2, 0.25) is 0 Å². The minimum absolute atomic E-state index is 0.544. The third kappa shape index (κ3) is 2.77. The molecule has 1 N–H and O–H groups in total. The van der Waals surface area contributed by atoms with Crippen molar-refractivity contribution in [3.05, 3.63) is 35.2 Å². The molecule has 0 bridgehead atoms. The molecule has 20 heavy (non-hydrogen) atoms. The predicted molar refractivity (Wildman–Crippen MR) is 89.4 cm³/mol. The fraction of sp³-hybridized carbons (Fsp3) is 0.556. The van der Waals surface area contributed by atoms with Gasteiger partial charge in [0.1, 0.15) is 0 Å². The van der Waals surface area contributed by atoms with Gasteiger partial charge in [-0.25, -0.2) is 0 Å². The van der Waals surface area contributed by atoms with E-state index < -0.39 is 0 Å². The Morgan fingerprint density at radius 3 is 2.95 bits per heavy atom. The van der Waals surface area contributed by atoms with Crippen LogP contribution in [0.5, 0.6) is 0 Å². The molecule has 2 aromatic rings. The van der Waals surface area contributed by atoms with E-state index in [9.17, 15) is 0 Å². The summed E-state index contributed by atoms with van der Waals surface area (Å²) in [6, 6.07) is 9.60. The highest BCUT2D eigenvalue weighted by molar-refractivity contribution is 7.17.